The van der Waals surface area contributed by atoms with Crippen molar-refractivity contribution in [2.45, 2.75) is 6.42 Å². The maximum Gasteiger partial charge on any atom is 0.316 e. The van der Waals surface area contributed by atoms with Crippen molar-refractivity contribution in [3.05, 3.63) is 20.8 Å². The largest absolute Gasteiger partial charge is 0.316 e. The summed E-state index contributed by atoms with van der Waals surface area (Å²) in [6.45, 7) is 0.531. The van der Waals surface area contributed by atoms with Gasteiger partial charge in [0.15, 0.2) is 0 Å². The van der Waals surface area contributed by atoms with Gasteiger partial charge < -0.3 is 0 Å². The lowest BCUT2D eigenvalue weighted by molar-refractivity contribution is -0.135. The maximum absolute atomic E-state index is 10.8. The molecule has 0 aromatic carbocycles. The molecule has 1 saturated heterocycles. The van der Waals surface area contributed by atoms with E-state index in [4.69, 9.17) is 0 Å². The number of hydrogen-bond donors (Lipinski definition) is 2. The third-order valence-electron chi connectivity index (χ3n) is 1.93. The summed E-state index contributed by atoms with van der Waals surface area (Å²) in [4.78, 5) is 26.9. The normalized spacial score (nSPS) is 14.9. The van der Waals surface area contributed by atoms with Crippen LogP contribution in [-0.2, 0) is 16.0 Å². The van der Waals surface area contributed by atoms with Crippen molar-refractivity contribution in [2.75, 3.05) is 6.54 Å². The van der Waals surface area contributed by atoms with Gasteiger partial charge in [-0.2, -0.15) is 0 Å². The first-order valence-electron chi connectivity index (χ1n) is 4.56. The van der Waals surface area contributed by atoms with Gasteiger partial charge in [-0.05, 0) is 28.1 Å². The van der Waals surface area contributed by atoms with Crippen LogP contribution in [-0.4, -0.2) is 24.3 Å². The number of carbonyl (C=O) groups is 2. The second-order valence-corrected chi connectivity index (χ2v) is 5.64. The lowest BCUT2D eigenvalue weighted by atomic mass is 10.3. The molecule has 0 unspecified atom stereocenters. The predicted molar refractivity (Wildman–Crippen MR) is 64.3 cm³/mol. The van der Waals surface area contributed by atoms with Gasteiger partial charge in [-0.1, -0.05) is 0 Å². The molecule has 1 aliphatic rings. The molecule has 2 heterocycles. The van der Waals surface area contributed by atoms with Crippen LogP contribution >= 0.6 is 27.3 Å². The fraction of sp³-hybridized carbons (Fsp3) is 0.222. The monoisotopic (exact) mass is 301 g/mol. The maximum atomic E-state index is 10.8. The third kappa shape index (κ3) is 2.67. The topological polar surface area (TPSA) is 70.6 Å². The van der Waals surface area contributed by atoms with Crippen molar-refractivity contribution in [1.82, 2.24) is 10.6 Å². The van der Waals surface area contributed by atoms with Crippen LogP contribution in [0.25, 0.3) is 0 Å². The number of halogens is 1. The van der Waals surface area contributed by atoms with Crippen LogP contribution in [0.2, 0.25) is 0 Å². The van der Waals surface area contributed by atoms with E-state index >= 15 is 0 Å². The Labute approximate surface area is 104 Å². The molecular formula is C9H8BrN3O2S. The highest BCUT2D eigenvalue weighted by Gasteiger charge is 2.24. The number of thiophene rings is 1. The number of rotatable bonds is 3. The van der Waals surface area contributed by atoms with Gasteiger partial charge in [-0.25, -0.2) is 0 Å². The number of nitrogens with one attached hydrogen (secondary N) is 2. The number of carbonyl (C=O) groups excluding carboxylic acids is 2. The number of amides is 2. The average molecular weight is 302 g/mol. The predicted octanol–water partition coefficient (Wildman–Crippen LogP) is 0.655. The van der Waals surface area contributed by atoms with E-state index in [0.717, 1.165) is 10.2 Å². The van der Waals surface area contributed by atoms with Crippen LogP contribution in [0.3, 0.4) is 0 Å². The van der Waals surface area contributed by atoms with E-state index in [1.165, 1.54) is 4.88 Å². The Balaban J connectivity index is 1.86. The van der Waals surface area contributed by atoms with Crippen LogP contribution in [0.1, 0.15) is 4.88 Å². The number of guanidine groups is 1. The summed E-state index contributed by atoms with van der Waals surface area (Å²) >= 11 is 5.02. The fourth-order valence-corrected chi connectivity index (χ4v) is 2.67. The van der Waals surface area contributed by atoms with Gasteiger partial charge in [-0.3, -0.25) is 25.2 Å². The first-order chi connectivity index (χ1) is 7.65. The summed E-state index contributed by atoms with van der Waals surface area (Å²) in [5.74, 6) is -1.07. The van der Waals surface area contributed by atoms with E-state index in [0.29, 0.717) is 6.54 Å². The molecule has 1 aromatic heterocycles. The van der Waals surface area contributed by atoms with Crippen molar-refractivity contribution in [2.24, 2.45) is 4.99 Å². The lowest BCUT2D eigenvalue weighted by Crippen LogP contribution is -2.26. The Morgan fingerprint density at radius 2 is 1.94 bits per heavy atom. The van der Waals surface area contributed by atoms with Crippen molar-refractivity contribution < 1.29 is 9.59 Å². The Kier molecular flexibility index (Phi) is 3.35. The van der Waals surface area contributed by atoms with E-state index in [2.05, 4.69) is 31.6 Å². The number of aliphatic imine (C=N–C) groups is 1. The molecule has 0 bridgehead atoms. The van der Waals surface area contributed by atoms with E-state index in [1.54, 1.807) is 11.3 Å². The van der Waals surface area contributed by atoms with Gasteiger partial charge in [0, 0.05) is 17.8 Å². The first-order valence-corrected chi connectivity index (χ1v) is 6.17. The highest BCUT2D eigenvalue weighted by Crippen LogP contribution is 2.22. The second kappa shape index (κ2) is 4.75. The van der Waals surface area contributed by atoms with Crippen LogP contribution in [0.4, 0.5) is 0 Å². The smallest absolute Gasteiger partial charge is 0.288 e. The quantitative estimate of drug-likeness (QED) is 0.805. The SMILES string of the molecule is O=C1NC(=NCCc2ccc(Br)s2)NC1=O. The molecule has 1 aliphatic heterocycles. The Bertz CT molecular complexity index is 451. The molecular weight excluding hydrogens is 294 g/mol. The molecule has 0 saturated carbocycles. The summed E-state index contributed by atoms with van der Waals surface area (Å²) in [7, 11) is 0. The second-order valence-electron chi connectivity index (χ2n) is 3.09. The molecule has 5 nitrogen and oxygen atoms in total. The van der Waals surface area contributed by atoms with Gasteiger partial charge >= 0.3 is 11.8 Å². The van der Waals surface area contributed by atoms with E-state index < -0.39 is 11.8 Å². The van der Waals surface area contributed by atoms with Gasteiger partial charge in [0.05, 0.1) is 3.79 Å². The summed E-state index contributed by atoms with van der Waals surface area (Å²) < 4.78 is 1.08. The summed E-state index contributed by atoms with van der Waals surface area (Å²) in [5.41, 5.74) is 0. The summed E-state index contributed by atoms with van der Waals surface area (Å²) in [6, 6.07) is 3.99. The molecule has 2 rings (SSSR count). The number of nitrogens with zero attached hydrogens (tertiary/aromatic N) is 1. The minimum absolute atomic E-state index is 0.241. The standard InChI is InChI=1S/C9H8BrN3O2S/c10-6-2-1-5(16-6)3-4-11-9-12-7(14)8(15)13-9/h1-2H,3-4H2,(H2,11,12,13,14,15). The van der Waals surface area contributed by atoms with E-state index in [9.17, 15) is 9.59 Å². The van der Waals surface area contributed by atoms with Crippen molar-refractivity contribution in [1.29, 1.82) is 0 Å². The summed E-state index contributed by atoms with van der Waals surface area (Å²) in [5, 5.41) is 4.68. The van der Waals surface area contributed by atoms with Crippen molar-refractivity contribution in [3.8, 4) is 0 Å². The zero-order valence-electron chi connectivity index (χ0n) is 8.12. The molecule has 7 heteroatoms. The third-order valence-corrected chi connectivity index (χ3v) is 3.61. The molecule has 0 spiro atoms. The molecule has 16 heavy (non-hydrogen) atoms. The first kappa shape index (κ1) is 11.3. The van der Waals surface area contributed by atoms with Crippen molar-refractivity contribution in [3.63, 3.8) is 0 Å². The molecule has 0 atom stereocenters. The van der Waals surface area contributed by atoms with Gasteiger partial charge in [0.1, 0.15) is 0 Å². The van der Waals surface area contributed by atoms with Gasteiger partial charge in [-0.15, -0.1) is 11.3 Å². The van der Waals surface area contributed by atoms with Gasteiger partial charge in [0.25, 0.3) is 0 Å². The minimum Gasteiger partial charge on any atom is -0.288 e. The van der Waals surface area contributed by atoms with E-state index in [-0.39, 0.29) is 5.96 Å². The fourth-order valence-electron chi connectivity index (χ4n) is 1.20. The van der Waals surface area contributed by atoms with Crippen LogP contribution in [0, 0.1) is 0 Å². The molecule has 0 aliphatic carbocycles. The molecule has 0 radical (unpaired) electrons. The average Bonchev–Trinajstić information content (AvgIpc) is 2.75. The zero-order chi connectivity index (χ0) is 11.5. The Hall–Kier alpha value is -1.21. The lowest BCUT2D eigenvalue weighted by Gasteiger charge is -1.95. The molecule has 1 aromatic rings. The highest BCUT2D eigenvalue weighted by atomic mass is 79.9. The minimum atomic E-state index is -0.655. The molecule has 1 fully saturated rings. The Morgan fingerprint density at radius 1 is 1.25 bits per heavy atom. The van der Waals surface area contributed by atoms with Crippen LogP contribution in [0.5, 0.6) is 0 Å². The van der Waals surface area contributed by atoms with Gasteiger partial charge in [0.2, 0.25) is 5.96 Å². The van der Waals surface area contributed by atoms with Crippen LogP contribution in [0.15, 0.2) is 20.9 Å². The zero-order valence-corrected chi connectivity index (χ0v) is 10.5. The Morgan fingerprint density at radius 3 is 2.50 bits per heavy atom. The number of hydrogen-bond acceptors (Lipinski definition) is 4. The summed E-state index contributed by atoms with van der Waals surface area (Å²) in [6.07, 6.45) is 0.783. The molecule has 84 valence electrons. The highest BCUT2D eigenvalue weighted by molar-refractivity contribution is 9.11. The van der Waals surface area contributed by atoms with Crippen molar-refractivity contribution >= 4 is 45.0 Å². The van der Waals surface area contributed by atoms with Crippen LogP contribution < -0.4 is 10.6 Å². The molecule has 2 amide bonds. The molecule has 2 N–H and O–H groups in total. The van der Waals surface area contributed by atoms with E-state index in [1.807, 2.05) is 12.1 Å².